The molecule has 0 aliphatic rings. The summed E-state index contributed by atoms with van der Waals surface area (Å²) < 4.78 is 30.7. The number of rotatable bonds is 5. The average Bonchev–Trinajstić information content (AvgIpc) is 2.35. The maximum atomic E-state index is 11.8. The summed E-state index contributed by atoms with van der Waals surface area (Å²) in [6.07, 6.45) is 0. The fraction of sp³-hybridized carbons (Fsp3) is 0.333. The van der Waals surface area contributed by atoms with Gasteiger partial charge < -0.3 is 9.84 Å². The maximum Gasteiger partial charge on any atom is 0.235 e. The second-order valence-corrected chi connectivity index (χ2v) is 5.84. The minimum Gasteiger partial charge on any atom is -0.384 e. The Hall–Kier alpha value is -1.26. The van der Waals surface area contributed by atoms with Crippen LogP contribution in [0, 0.1) is 11.8 Å². The summed E-state index contributed by atoms with van der Waals surface area (Å²) in [4.78, 5) is 0. The molecule has 0 aliphatic heterocycles. The lowest BCUT2D eigenvalue weighted by atomic mass is 10.2. The highest BCUT2D eigenvalue weighted by atomic mass is 35.5. The van der Waals surface area contributed by atoms with Crippen LogP contribution in [-0.2, 0) is 14.8 Å². The van der Waals surface area contributed by atoms with Gasteiger partial charge in [0.05, 0.1) is 18.0 Å². The van der Waals surface area contributed by atoms with Crippen molar-refractivity contribution in [1.29, 1.82) is 0 Å². The zero-order valence-corrected chi connectivity index (χ0v) is 11.9. The first kappa shape index (κ1) is 15.8. The first-order valence-electron chi connectivity index (χ1n) is 5.37. The van der Waals surface area contributed by atoms with Crippen LogP contribution in [0.3, 0.4) is 0 Å². The topological polar surface area (TPSA) is 75.6 Å². The molecule has 0 fully saturated rings. The van der Waals surface area contributed by atoms with Crippen LogP contribution in [0.1, 0.15) is 5.56 Å². The molecule has 0 unspecified atom stereocenters. The normalized spacial score (nSPS) is 10.7. The lowest BCUT2D eigenvalue weighted by molar-refractivity contribution is 0.217. The fourth-order valence-electron chi connectivity index (χ4n) is 1.26. The molecule has 19 heavy (non-hydrogen) atoms. The van der Waals surface area contributed by atoms with Crippen LogP contribution in [0.2, 0.25) is 5.02 Å². The molecule has 0 saturated carbocycles. The van der Waals surface area contributed by atoms with Crippen molar-refractivity contribution >= 4 is 27.3 Å². The molecular formula is C12H14ClNO4S. The van der Waals surface area contributed by atoms with E-state index in [0.29, 0.717) is 10.6 Å². The Morgan fingerprint density at radius 2 is 2.21 bits per heavy atom. The highest BCUT2D eigenvalue weighted by Gasteiger charge is 2.12. The van der Waals surface area contributed by atoms with E-state index in [1.807, 2.05) is 0 Å². The predicted molar refractivity (Wildman–Crippen MR) is 74.7 cm³/mol. The molecule has 0 heterocycles. The Labute approximate surface area is 117 Å². The number of halogens is 1. The minimum absolute atomic E-state index is 0.0908. The average molecular weight is 304 g/mol. The number of aliphatic hydroxyl groups is 1. The number of anilines is 1. The second-order valence-electron chi connectivity index (χ2n) is 3.56. The smallest absolute Gasteiger partial charge is 0.235 e. The lowest BCUT2D eigenvalue weighted by Crippen LogP contribution is -2.20. The maximum absolute atomic E-state index is 11.8. The number of aliphatic hydroxyl groups excluding tert-OH is 1. The summed E-state index contributed by atoms with van der Waals surface area (Å²) >= 11 is 5.83. The molecule has 0 saturated heterocycles. The Morgan fingerprint density at radius 1 is 1.47 bits per heavy atom. The Morgan fingerprint density at radius 3 is 2.84 bits per heavy atom. The van der Waals surface area contributed by atoms with E-state index in [1.165, 1.54) is 13.2 Å². The molecule has 0 bridgehead atoms. The highest BCUT2D eigenvalue weighted by molar-refractivity contribution is 7.92. The number of ether oxygens (including phenoxy) is 1. The third-order valence-electron chi connectivity index (χ3n) is 2.11. The van der Waals surface area contributed by atoms with Crippen molar-refractivity contribution in [3.05, 3.63) is 28.8 Å². The van der Waals surface area contributed by atoms with Gasteiger partial charge in [-0.05, 0) is 18.2 Å². The van der Waals surface area contributed by atoms with Crippen molar-refractivity contribution in [2.24, 2.45) is 0 Å². The molecule has 0 radical (unpaired) electrons. The molecule has 1 aromatic carbocycles. The van der Waals surface area contributed by atoms with E-state index < -0.39 is 10.0 Å². The van der Waals surface area contributed by atoms with Gasteiger partial charge in [0.1, 0.15) is 6.61 Å². The van der Waals surface area contributed by atoms with Gasteiger partial charge in [-0.15, -0.1) is 0 Å². The number of sulfonamides is 1. The first-order valence-corrected chi connectivity index (χ1v) is 7.40. The number of nitrogens with one attached hydrogen (secondary N) is 1. The van der Waals surface area contributed by atoms with Crippen molar-refractivity contribution in [3.8, 4) is 11.8 Å². The van der Waals surface area contributed by atoms with Gasteiger partial charge in [-0.2, -0.15) is 0 Å². The van der Waals surface area contributed by atoms with Gasteiger partial charge in [0.15, 0.2) is 0 Å². The minimum atomic E-state index is -3.52. The summed E-state index contributed by atoms with van der Waals surface area (Å²) in [7, 11) is -2.10. The Kier molecular flexibility index (Phi) is 6.12. The van der Waals surface area contributed by atoms with Gasteiger partial charge in [0.2, 0.25) is 10.0 Å². The Bertz CT molecular complexity index is 589. The number of hydrogen-bond donors (Lipinski definition) is 2. The van der Waals surface area contributed by atoms with E-state index in [4.69, 9.17) is 21.4 Å². The van der Waals surface area contributed by atoms with E-state index in [2.05, 4.69) is 16.6 Å². The zero-order chi connectivity index (χ0) is 14.3. The number of hydrogen-bond acceptors (Lipinski definition) is 4. The van der Waals surface area contributed by atoms with E-state index >= 15 is 0 Å². The van der Waals surface area contributed by atoms with Crippen molar-refractivity contribution in [1.82, 2.24) is 0 Å². The van der Waals surface area contributed by atoms with E-state index in [1.54, 1.807) is 12.1 Å². The molecular weight excluding hydrogens is 290 g/mol. The third kappa shape index (κ3) is 5.49. The zero-order valence-electron chi connectivity index (χ0n) is 10.3. The predicted octanol–water partition coefficient (Wildman–Crippen LogP) is 1.07. The van der Waals surface area contributed by atoms with E-state index in [0.717, 1.165) is 0 Å². The quantitative estimate of drug-likeness (QED) is 0.798. The van der Waals surface area contributed by atoms with Crippen LogP contribution in [0.5, 0.6) is 0 Å². The van der Waals surface area contributed by atoms with Gasteiger partial charge in [-0.25, -0.2) is 8.42 Å². The molecule has 7 heteroatoms. The molecule has 0 aromatic heterocycles. The van der Waals surface area contributed by atoms with Crippen LogP contribution < -0.4 is 4.72 Å². The molecule has 0 atom stereocenters. The second kappa shape index (κ2) is 7.36. The van der Waals surface area contributed by atoms with Crippen molar-refractivity contribution in [2.75, 3.05) is 30.8 Å². The van der Waals surface area contributed by atoms with Crippen LogP contribution in [0.4, 0.5) is 5.69 Å². The molecule has 0 amide bonds. The molecule has 1 aromatic rings. The molecule has 104 valence electrons. The van der Waals surface area contributed by atoms with Crippen molar-refractivity contribution in [2.45, 2.75) is 0 Å². The van der Waals surface area contributed by atoms with Gasteiger partial charge in [-0.1, -0.05) is 23.4 Å². The van der Waals surface area contributed by atoms with Gasteiger partial charge in [0.25, 0.3) is 0 Å². The molecule has 1 rings (SSSR count). The molecule has 2 N–H and O–H groups in total. The van der Waals surface area contributed by atoms with Gasteiger partial charge >= 0.3 is 0 Å². The van der Waals surface area contributed by atoms with Crippen LogP contribution in [-0.4, -0.2) is 39.6 Å². The van der Waals surface area contributed by atoms with Crippen molar-refractivity contribution < 1.29 is 18.3 Å². The van der Waals surface area contributed by atoms with E-state index in [9.17, 15) is 8.42 Å². The lowest BCUT2D eigenvalue weighted by Gasteiger charge is -2.10. The number of methoxy groups -OCH3 is 1. The Balaban J connectivity index is 3.02. The summed E-state index contributed by atoms with van der Waals surface area (Å²) in [5.74, 6) is 4.94. The van der Waals surface area contributed by atoms with Gasteiger partial charge in [-0.3, -0.25) is 4.72 Å². The molecule has 0 spiro atoms. The summed E-state index contributed by atoms with van der Waals surface area (Å²) in [6.45, 7) is -0.216. The standard InChI is InChI=1S/C12H14ClNO4S/c1-18-7-8-19(16,17)14-12-9-11(13)5-4-10(12)3-2-6-15/h4-5,9,14-15H,6-8H2,1H3. The molecule has 0 aliphatic carbocycles. The first-order chi connectivity index (χ1) is 8.98. The van der Waals surface area contributed by atoms with Crippen LogP contribution in [0.15, 0.2) is 18.2 Å². The van der Waals surface area contributed by atoms with Crippen LogP contribution >= 0.6 is 11.6 Å². The molecule has 5 nitrogen and oxygen atoms in total. The third-order valence-corrected chi connectivity index (χ3v) is 3.58. The van der Waals surface area contributed by atoms with Gasteiger partial charge in [0, 0.05) is 17.7 Å². The summed E-state index contributed by atoms with van der Waals surface area (Å²) in [6, 6.07) is 4.64. The number of benzene rings is 1. The summed E-state index contributed by atoms with van der Waals surface area (Å²) in [5, 5.41) is 9.05. The monoisotopic (exact) mass is 303 g/mol. The highest BCUT2D eigenvalue weighted by Crippen LogP contribution is 2.21. The van der Waals surface area contributed by atoms with Crippen LogP contribution in [0.25, 0.3) is 0 Å². The fourth-order valence-corrected chi connectivity index (χ4v) is 2.42. The van der Waals surface area contributed by atoms with E-state index in [-0.39, 0.29) is 24.7 Å². The van der Waals surface area contributed by atoms with Crippen molar-refractivity contribution in [3.63, 3.8) is 0 Å². The largest absolute Gasteiger partial charge is 0.384 e. The SMILES string of the molecule is COCCS(=O)(=O)Nc1cc(Cl)ccc1C#CCO. The summed E-state index contributed by atoms with van der Waals surface area (Å²) in [5.41, 5.74) is 0.726.